The second-order valence-corrected chi connectivity index (χ2v) is 5.47. The Labute approximate surface area is 117 Å². The number of ether oxygens (including phenoxy) is 1. The van der Waals surface area contributed by atoms with Gasteiger partial charge in [-0.25, -0.2) is 4.39 Å². The van der Waals surface area contributed by atoms with Gasteiger partial charge in [-0.2, -0.15) is 0 Å². The third kappa shape index (κ3) is 1.74. The molecule has 0 spiro atoms. The molecule has 1 fully saturated rings. The molecule has 0 aromatic heterocycles. The van der Waals surface area contributed by atoms with Crippen molar-refractivity contribution in [2.45, 2.75) is 18.6 Å². The van der Waals surface area contributed by atoms with Crippen molar-refractivity contribution >= 4 is 5.69 Å². The van der Waals surface area contributed by atoms with Crippen LogP contribution < -0.4 is 5.32 Å². The Balaban J connectivity index is 1.81. The molecule has 4 rings (SSSR count). The lowest BCUT2D eigenvalue weighted by atomic mass is 9.81. The number of benzene rings is 2. The predicted octanol–water partition coefficient (Wildman–Crippen LogP) is 4.07. The van der Waals surface area contributed by atoms with Gasteiger partial charge in [0, 0.05) is 29.3 Å². The molecular formula is C17H16FNO. The van der Waals surface area contributed by atoms with E-state index in [4.69, 9.17) is 4.74 Å². The van der Waals surface area contributed by atoms with Crippen LogP contribution in [0.3, 0.4) is 0 Å². The van der Waals surface area contributed by atoms with Gasteiger partial charge in [0.05, 0.1) is 12.1 Å². The highest BCUT2D eigenvalue weighted by molar-refractivity contribution is 5.57. The first-order chi connectivity index (χ1) is 9.84. The molecule has 0 amide bonds. The molecule has 3 atom stereocenters. The van der Waals surface area contributed by atoms with E-state index in [0.717, 1.165) is 24.3 Å². The van der Waals surface area contributed by atoms with E-state index in [1.165, 1.54) is 11.6 Å². The first kappa shape index (κ1) is 11.9. The van der Waals surface area contributed by atoms with Crippen LogP contribution in [0.25, 0.3) is 0 Å². The third-order valence-electron chi connectivity index (χ3n) is 4.38. The number of anilines is 1. The summed E-state index contributed by atoms with van der Waals surface area (Å²) in [6, 6.07) is 15.2. The fraction of sp³-hybridized carbons (Fsp3) is 0.294. The van der Waals surface area contributed by atoms with Crippen molar-refractivity contribution in [1.29, 1.82) is 0 Å². The Morgan fingerprint density at radius 2 is 1.75 bits per heavy atom. The average molecular weight is 269 g/mol. The van der Waals surface area contributed by atoms with Crippen LogP contribution in [0.4, 0.5) is 10.1 Å². The van der Waals surface area contributed by atoms with Crippen molar-refractivity contribution < 1.29 is 9.13 Å². The van der Waals surface area contributed by atoms with Gasteiger partial charge in [0.1, 0.15) is 5.82 Å². The Morgan fingerprint density at radius 1 is 1.00 bits per heavy atom. The standard InChI is InChI=1S/C17H16FNO/c18-14-7-3-1-5-11(14)16-13-9-10-20-17(13)12-6-2-4-8-15(12)19-16/h1-8,13,16-17,19H,9-10H2/t13-,16+,17+/m1/s1. The van der Waals surface area contributed by atoms with Crippen LogP contribution in [0.5, 0.6) is 0 Å². The van der Waals surface area contributed by atoms with Gasteiger partial charge in [-0.1, -0.05) is 36.4 Å². The van der Waals surface area contributed by atoms with Gasteiger partial charge >= 0.3 is 0 Å². The normalized spacial score (nSPS) is 27.6. The van der Waals surface area contributed by atoms with Crippen molar-refractivity contribution in [3.63, 3.8) is 0 Å². The molecule has 2 aromatic rings. The van der Waals surface area contributed by atoms with Gasteiger partial charge in [-0.05, 0) is 18.6 Å². The van der Waals surface area contributed by atoms with Crippen molar-refractivity contribution in [1.82, 2.24) is 0 Å². The maximum atomic E-state index is 14.1. The van der Waals surface area contributed by atoms with Crippen molar-refractivity contribution in [3.05, 3.63) is 65.5 Å². The summed E-state index contributed by atoms with van der Waals surface area (Å²) in [4.78, 5) is 0. The molecule has 1 N–H and O–H groups in total. The minimum absolute atomic E-state index is 0.0152. The Morgan fingerprint density at radius 3 is 2.60 bits per heavy atom. The first-order valence-corrected chi connectivity index (χ1v) is 7.06. The summed E-state index contributed by atoms with van der Waals surface area (Å²) in [5.41, 5.74) is 2.99. The molecule has 0 radical (unpaired) electrons. The average Bonchev–Trinajstić information content (AvgIpc) is 2.97. The highest BCUT2D eigenvalue weighted by Crippen LogP contribution is 2.49. The molecular weight excluding hydrogens is 253 g/mol. The van der Waals surface area contributed by atoms with E-state index in [0.29, 0.717) is 5.92 Å². The first-order valence-electron chi connectivity index (χ1n) is 7.06. The zero-order chi connectivity index (χ0) is 13.5. The van der Waals surface area contributed by atoms with E-state index >= 15 is 0 Å². The lowest BCUT2D eigenvalue weighted by Crippen LogP contribution is -2.29. The van der Waals surface area contributed by atoms with Gasteiger partial charge < -0.3 is 10.1 Å². The van der Waals surface area contributed by atoms with E-state index in [-0.39, 0.29) is 18.0 Å². The van der Waals surface area contributed by atoms with Gasteiger partial charge in [-0.3, -0.25) is 0 Å². The summed E-state index contributed by atoms with van der Waals surface area (Å²) < 4.78 is 20.0. The molecule has 20 heavy (non-hydrogen) atoms. The molecule has 2 nitrogen and oxygen atoms in total. The van der Waals surface area contributed by atoms with E-state index in [2.05, 4.69) is 11.4 Å². The maximum absolute atomic E-state index is 14.1. The van der Waals surface area contributed by atoms with Gasteiger partial charge in [0.25, 0.3) is 0 Å². The largest absolute Gasteiger partial charge is 0.377 e. The van der Waals surface area contributed by atoms with Crippen LogP contribution in [0.15, 0.2) is 48.5 Å². The Kier molecular flexibility index (Phi) is 2.74. The molecule has 2 aliphatic heterocycles. The predicted molar refractivity (Wildman–Crippen MR) is 76.0 cm³/mol. The van der Waals surface area contributed by atoms with Crippen LogP contribution in [0, 0.1) is 11.7 Å². The molecule has 102 valence electrons. The highest BCUT2D eigenvalue weighted by Gasteiger charge is 2.41. The summed E-state index contributed by atoms with van der Waals surface area (Å²) in [5, 5.41) is 3.51. The molecule has 3 heteroatoms. The topological polar surface area (TPSA) is 21.3 Å². The molecule has 0 bridgehead atoms. The minimum Gasteiger partial charge on any atom is -0.377 e. The monoisotopic (exact) mass is 269 g/mol. The Bertz CT molecular complexity index is 642. The van der Waals surface area contributed by atoms with Crippen molar-refractivity contribution in [3.8, 4) is 0 Å². The number of hydrogen-bond donors (Lipinski definition) is 1. The molecule has 1 saturated heterocycles. The molecule has 0 aliphatic carbocycles. The maximum Gasteiger partial charge on any atom is 0.128 e. The van der Waals surface area contributed by atoms with Crippen molar-refractivity contribution in [2.75, 3.05) is 11.9 Å². The molecule has 0 unspecified atom stereocenters. The summed E-state index contributed by atoms with van der Waals surface area (Å²) in [6.45, 7) is 0.746. The fourth-order valence-corrected chi connectivity index (χ4v) is 3.45. The SMILES string of the molecule is Fc1ccccc1[C@@H]1Nc2ccccc2[C@@H]2OCC[C@H]12. The smallest absolute Gasteiger partial charge is 0.128 e. The number of hydrogen-bond acceptors (Lipinski definition) is 2. The third-order valence-corrected chi connectivity index (χ3v) is 4.38. The molecule has 0 saturated carbocycles. The van der Waals surface area contributed by atoms with Crippen molar-refractivity contribution in [2.24, 2.45) is 5.92 Å². The van der Waals surface area contributed by atoms with E-state index in [1.807, 2.05) is 30.3 Å². The molecule has 2 aromatic carbocycles. The van der Waals surface area contributed by atoms with E-state index in [1.54, 1.807) is 6.07 Å². The second kappa shape index (κ2) is 4.60. The van der Waals surface area contributed by atoms with Crippen LogP contribution in [0.2, 0.25) is 0 Å². The fourth-order valence-electron chi connectivity index (χ4n) is 3.45. The molecule has 2 heterocycles. The van der Waals surface area contributed by atoms with Crippen LogP contribution in [-0.4, -0.2) is 6.61 Å². The lowest BCUT2D eigenvalue weighted by molar-refractivity contribution is 0.0826. The number of halogens is 1. The van der Waals surface area contributed by atoms with Crippen LogP contribution >= 0.6 is 0 Å². The number of para-hydroxylation sites is 1. The summed E-state index contributed by atoms with van der Waals surface area (Å²) >= 11 is 0. The quantitative estimate of drug-likeness (QED) is 0.842. The summed E-state index contributed by atoms with van der Waals surface area (Å²) in [7, 11) is 0. The summed E-state index contributed by atoms with van der Waals surface area (Å²) in [6.07, 6.45) is 1.04. The second-order valence-electron chi connectivity index (χ2n) is 5.47. The van der Waals surface area contributed by atoms with E-state index in [9.17, 15) is 4.39 Å². The molecule has 2 aliphatic rings. The van der Waals surface area contributed by atoms with E-state index < -0.39 is 0 Å². The minimum atomic E-state index is -0.143. The Hall–Kier alpha value is -1.87. The number of fused-ring (bicyclic) bond motifs is 3. The zero-order valence-corrected chi connectivity index (χ0v) is 11.1. The highest BCUT2D eigenvalue weighted by atomic mass is 19.1. The van der Waals surface area contributed by atoms with Gasteiger partial charge in [0.2, 0.25) is 0 Å². The number of rotatable bonds is 1. The van der Waals surface area contributed by atoms with Gasteiger partial charge in [-0.15, -0.1) is 0 Å². The zero-order valence-electron chi connectivity index (χ0n) is 11.1. The van der Waals surface area contributed by atoms with Gasteiger partial charge in [0.15, 0.2) is 0 Å². The number of nitrogens with one attached hydrogen (secondary N) is 1. The summed E-state index contributed by atoms with van der Waals surface area (Å²) in [5.74, 6) is 0.150. The lowest BCUT2D eigenvalue weighted by Gasteiger charge is -2.36. The van der Waals surface area contributed by atoms with Crippen LogP contribution in [-0.2, 0) is 4.74 Å². The van der Waals surface area contributed by atoms with Crippen LogP contribution in [0.1, 0.15) is 29.7 Å².